The quantitative estimate of drug-likeness (QED) is 0.670. The highest BCUT2D eigenvalue weighted by atomic mass is 31.2. The maximum Gasteiger partial charge on any atom is 0.546 e. The van der Waals surface area contributed by atoms with Gasteiger partial charge in [-0.2, -0.15) is 0 Å². The Bertz CT molecular complexity index is 838. The van der Waals surface area contributed by atoms with Gasteiger partial charge in [-0.05, 0) is 5.56 Å². The van der Waals surface area contributed by atoms with E-state index in [0.717, 1.165) is 10.3 Å². The van der Waals surface area contributed by atoms with E-state index in [1.54, 1.807) is 24.3 Å². The number of benzene rings is 1. The van der Waals surface area contributed by atoms with Crippen molar-refractivity contribution in [2.24, 2.45) is 0 Å². The lowest BCUT2D eigenvalue weighted by Crippen LogP contribution is -2.10. The third-order valence-electron chi connectivity index (χ3n) is 2.76. The van der Waals surface area contributed by atoms with Crippen molar-refractivity contribution in [3.63, 3.8) is 0 Å². The van der Waals surface area contributed by atoms with E-state index in [1.807, 2.05) is 6.07 Å². The minimum Gasteiger partial charge on any atom is -0.382 e. The number of nitrogen functional groups attached to an aromatic ring is 1. The van der Waals surface area contributed by atoms with Gasteiger partial charge in [0.2, 0.25) is 5.65 Å². The number of hydrogen-bond donors (Lipinski definition) is 2. The average Bonchev–Trinajstić information content (AvgIpc) is 2.90. The molecule has 0 aliphatic carbocycles. The van der Waals surface area contributed by atoms with Crippen LogP contribution in [0.15, 0.2) is 43.0 Å². The van der Waals surface area contributed by atoms with Gasteiger partial charge in [0.25, 0.3) is 0 Å². The van der Waals surface area contributed by atoms with Crippen molar-refractivity contribution in [3.8, 4) is 0 Å². The molecule has 0 amide bonds. The van der Waals surface area contributed by atoms with Gasteiger partial charge in [-0.25, -0.2) is 19.5 Å². The highest BCUT2D eigenvalue weighted by molar-refractivity contribution is 7.47. The van der Waals surface area contributed by atoms with E-state index in [9.17, 15) is 9.46 Å². The third-order valence-corrected chi connectivity index (χ3v) is 3.60. The SMILES string of the molecule is Nc1ncnc2c1ncn2OP(=O)(O)OCc1ccccc1. The summed E-state index contributed by atoms with van der Waals surface area (Å²) in [6.45, 7) is -0.0711. The Morgan fingerprint density at radius 1 is 1.23 bits per heavy atom. The Hall–Kier alpha value is -2.48. The number of nitrogens with zero attached hydrogens (tertiary/aromatic N) is 4. The molecule has 1 atom stereocenters. The van der Waals surface area contributed by atoms with Crippen molar-refractivity contribution >= 4 is 24.8 Å². The first-order valence-corrected chi connectivity index (χ1v) is 7.69. The number of aromatic nitrogens is 4. The fourth-order valence-corrected chi connectivity index (χ4v) is 2.46. The van der Waals surface area contributed by atoms with Gasteiger partial charge in [0, 0.05) is 0 Å². The lowest BCUT2D eigenvalue weighted by atomic mass is 10.2. The average molecular weight is 321 g/mol. The molecule has 0 aliphatic rings. The summed E-state index contributed by atoms with van der Waals surface area (Å²) in [5.74, 6) is 0.144. The van der Waals surface area contributed by atoms with Crippen molar-refractivity contribution < 1.29 is 18.6 Å². The first-order chi connectivity index (χ1) is 10.6. The van der Waals surface area contributed by atoms with Crippen molar-refractivity contribution in [2.75, 3.05) is 5.73 Å². The fourth-order valence-electron chi connectivity index (χ4n) is 1.76. The van der Waals surface area contributed by atoms with E-state index < -0.39 is 7.82 Å². The summed E-state index contributed by atoms with van der Waals surface area (Å²) in [4.78, 5) is 21.4. The molecule has 0 aliphatic heterocycles. The zero-order chi connectivity index (χ0) is 15.6. The maximum absolute atomic E-state index is 12.0. The van der Waals surface area contributed by atoms with Crippen molar-refractivity contribution in [3.05, 3.63) is 48.5 Å². The predicted molar refractivity (Wildman–Crippen MR) is 77.4 cm³/mol. The van der Waals surface area contributed by atoms with Gasteiger partial charge >= 0.3 is 7.82 Å². The molecule has 0 spiro atoms. The Kier molecular flexibility index (Phi) is 3.76. The van der Waals surface area contributed by atoms with Gasteiger partial charge in [0.05, 0.1) is 6.61 Å². The Morgan fingerprint density at radius 2 is 2.00 bits per heavy atom. The molecule has 1 unspecified atom stereocenters. The largest absolute Gasteiger partial charge is 0.546 e. The molecule has 2 aromatic heterocycles. The topological polar surface area (TPSA) is 125 Å². The number of phosphoric acid groups is 1. The summed E-state index contributed by atoms with van der Waals surface area (Å²) in [7, 11) is -4.34. The molecule has 10 heteroatoms. The van der Waals surface area contributed by atoms with E-state index in [0.29, 0.717) is 0 Å². The molecule has 0 saturated carbocycles. The molecule has 3 aromatic rings. The van der Waals surface area contributed by atoms with E-state index >= 15 is 0 Å². The fraction of sp³-hybridized carbons (Fsp3) is 0.0833. The predicted octanol–water partition coefficient (Wildman–Crippen LogP) is 1.15. The van der Waals surface area contributed by atoms with Crippen LogP contribution in [0, 0.1) is 0 Å². The van der Waals surface area contributed by atoms with Gasteiger partial charge in [-0.3, -0.25) is 9.42 Å². The first kappa shape index (κ1) is 14.5. The van der Waals surface area contributed by atoms with Crippen LogP contribution in [-0.4, -0.2) is 24.6 Å². The minimum absolute atomic E-state index is 0.0711. The smallest absolute Gasteiger partial charge is 0.382 e. The maximum atomic E-state index is 12.0. The molecule has 2 heterocycles. The van der Waals surface area contributed by atoms with Crippen LogP contribution in [0.25, 0.3) is 11.2 Å². The molecule has 1 aromatic carbocycles. The number of nitrogens with two attached hydrogens (primary N) is 1. The molecule has 0 radical (unpaired) electrons. The van der Waals surface area contributed by atoms with Crippen LogP contribution in [0.3, 0.4) is 0 Å². The van der Waals surface area contributed by atoms with Crippen LogP contribution >= 0.6 is 7.82 Å². The van der Waals surface area contributed by atoms with Crippen LogP contribution in [0.4, 0.5) is 5.82 Å². The summed E-state index contributed by atoms with van der Waals surface area (Å²) in [5, 5.41) is 0. The number of phosphoric ester groups is 1. The highest BCUT2D eigenvalue weighted by Gasteiger charge is 2.25. The van der Waals surface area contributed by atoms with E-state index in [-0.39, 0.29) is 23.6 Å². The van der Waals surface area contributed by atoms with E-state index in [1.165, 1.54) is 12.7 Å². The zero-order valence-electron chi connectivity index (χ0n) is 11.2. The monoisotopic (exact) mass is 321 g/mol. The summed E-state index contributed by atoms with van der Waals surface area (Å²) in [6.07, 6.45) is 2.37. The van der Waals surface area contributed by atoms with Gasteiger partial charge in [0.15, 0.2) is 11.3 Å². The number of imidazole rings is 1. The molecule has 0 saturated heterocycles. The molecular weight excluding hydrogens is 309 g/mol. The van der Waals surface area contributed by atoms with Gasteiger partial charge in [0.1, 0.15) is 12.7 Å². The third kappa shape index (κ3) is 3.06. The van der Waals surface area contributed by atoms with Crippen LogP contribution in [-0.2, 0) is 15.7 Å². The Morgan fingerprint density at radius 3 is 2.77 bits per heavy atom. The van der Waals surface area contributed by atoms with E-state index in [4.69, 9.17) is 14.9 Å². The molecule has 3 rings (SSSR count). The lowest BCUT2D eigenvalue weighted by molar-refractivity contribution is 0.135. The van der Waals surface area contributed by atoms with Crippen LogP contribution < -0.4 is 10.4 Å². The molecule has 0 fully saturated rings. The zero-order valence-corrected chi connectivity index (χ0v) is 12.1. The minimum atomic E-state index is -4.34. The molecule has 0 bridgehead atoms. The standard InChI is InChI=1S/C12H12N5O4P/c13-11-10-12(15-7-14-11)17(8-16-10)21-22(18,19)20-6-9-4-2-1-3-5-9/h1-5,7-8H,6H2,(H,18,19)(H2,13,14,15). The van der Waals surface area contributed by atoms with Crippen LogP contribution in [0.2, 0.25) is 0 Å². The van der Waals surface area contributed by atoms with Gasteiger partial charge < -0.3 is 10.4 Å². The molecule has 9 nitrogen and oxygen atoms in total. The molecule has 114 valence electrons. The highest BCUT2D eigenvalue weighted by Crippen LogP contribution is 2.40. The van der Waals surface area contributed by atoms with Crippen molar-refractivity contribution in [2.45, 2.75) is 6.61 Å². The second-order valence-electron chi connectivity index (χ2n) is 4.31. The number of rotatable bonds is 5. The summed E-state index contributed by atoms with van der Waals surface area (Å²) in [5.41, 5.74) is 6.80. The molecular formula is C12H12N5O4P. The Balaban J connectivity index is 1.75. The van der Waals surface area contributed by atoms with Crippen molar-refractivity contribution in [1.82, 2.24) is 19.7 Å². The first-order valence-electron chi connectivity index (χ1n) is 6.20. The molecule has 3 N–H and O–H groups in total. The Labute approximate surface area is 124 Å². The van der Waals surface area contributed by atoms with Gasteiger partial charge in [-0.15, -0.1) is 4.73 Å². The van der Waals surface area contributed by atoms with Crippen LogP contribution in [0.1, 0.15) is 5.56 Å². The number of hydrogen-bond acceptors (Lipinski definition) is 7. The normalized spacial score (nSPS) is 13.9. The number of fused-ring (bicyclic) bond motifs is 1. The van der Waals surface area contributed by atoms with Gasteiger partial charge in [-0.1, -0.05) is 30.3 Å². The summed E-state index contributed by atoms with van der Waals surface area (Å²) >= 11 is 0. The van der Waals surface area contributed by atoms with Crippen LogP contribution in [0.5, 0.6) is 0 Å². The second kappa shape index (κ2) is 5.72. The molecule has 22 heavy (non-hydrogen) atoms. The van der Waals surface area contributed by atoms with Crippen molar-refractivity contribution in [1.29, 1.82) is 0 Å². The van der Waals surface area contributed by atoms with E-state index in [2.05, 4.69) is 15.0 Å². The summed E-state index contributed by atoms with van der Waals surface area (Å²) < 4.78 is 22.8. The number of anilines is 1. The lowest BCUT2D eigenvalue weighted by Gasteiger charge is -2.12. The second-order valence-corrected chi connectivity index (χ2v) is 5.67. The summed E-state index contributed by atoms with van der Waals surface area (Å²) in [6, 6.07) is 8.96.